The normalized spacial score (nSPS) is 21.8. The third-order valence-electron chi connectivity index (χ3n) is 19.6. The van der Waals surface area contributed by atoms with Crippen LogP contribution in [0.15, 0.2) is 199 Å². The molecule has 4 aliphatic carbocycles. The molecule has 12 atom stereocenters. The van der Waals surface area contributed by atoms with E-state index in [0.29, 0.717) is 62.0 Å². The number of carbonyl (C=O) groups is 2. The van der Waals surface area contributed by atoms with Crippen LogP contribution in [0.25, 0.3) is 56.3 Å². The number of aliphatic hydroxyl groups excluding tert-OH is 2. The molecular weight excluding hydrogens is 1910 g/mol. The maximum atomic E-state index is 12.6. The SMILES string of the molecule is CC1(C)C2=C(Cl)C(=O)C(Cl)=CC2=Nc2ccc(OP(=O)([O-])OP(=O)([O-])OP(=O)([O-])OC[C@@H]3O[C@H](n4cnc5c(N)ncnc54)CC3O)cc21.CC1(C)C2=CC(=O)C=CC2=Nc2cc(Cl)c(O)c(Cl)c21.Cc1cn([C@@H]2CC(O)[C@H](COP(=O)([O-])OP(=O)([O-])OP(=O)([O-])Oc3ccc4nc5ccc(=O)cc-5oc4c3)O2)c(=O)[nH]c1=O.O=c1ccc2nc3ccc(O)cc3oc-2c1. The summed E-state index contributed by atoms with van der Waals surface area (Å²) in [6, 6.07) is 21.5. The van der Waals surface area contributed by atoms with Crippen molar-refractivity contribution in [3.8, 4) is 45.9 Å². The average Bonchev–Trinajstić information content (AvgIpc) is 1.71. The van der Waals surface area contributed by atoms with Crippen molar-refractivity contribution >= 4 is 167 Å². The highest BCUT2D eigenvalue weighted by Gasteiger charge is 2.44. The Morgan fingerprint density at radius 2 is 1.13 bits per heavy atom. The van der Waals surface area contributed by atoms with Gasteiger partial charge < -0.3 is 91.9 Å². The number of phosphoric acid groups is 6. The number of aromatic amines is 1. The van der Waals surface area contributed by atoms with E-state index in [1.165, 1.54) is 84.8 Å². The third kappa shape index (κ3) is 21.3. The van der Waals surface area contributed by atoms with Crippen LogP contribution in [-0.4, -0.2) is 120 Å². The van der Waals surface area contributed by atoms with Gasteiger partial charge in [0.15, 0.2) is 56.5 Å². The second kappa shape index (κ2) is 36.2. The number of hydrogen-bond donors (Lipinski definition) is 6. The predicted octanol–water partition coefficient (Wildman–Crippen LogP) is 7.91. The fraction of sp³-hybridized carbons (Fsp3) is 0.230. The first kappa shape index (κ1) is 95.0. The van der Waals surface area contributed by atoms with E-state index in [1.807, 2.05) is 18.8 Å². The number of phosphoric ester groups is 4. The number of phenols is 2. The smallest absolute Gasteiger partial charge is 0.330 e. The number of hydrogen-bond acceptors (Lipinski definition) is 42. The Bertz CT molecular complexity index is 7200. The van der Waals surface area contributed by atoms with Gasteiger partial charge in [0.2, 0.25) is 5.78 Å². The van der Waals surface area contributed by atoms with Crippen molar-refractivity contribution in [1.82, 2.24) is 39.0 Å². The predicted molar refractivity (Wildman–Crippen MR) is 442 cm³/mol. The molecule has 2 saturated heterocycles. The number of imidazole rings is 1. The molecule has 9 heterocycles. The molecule has 0 bridgehead atoms. The number of aromatic hydroxyl groups is 2. The van der Waals surface area contributed by atoms with Gasteiger partial charge in [-0.05, 0) is 115 Å². The Labute approximate surface area is 741 Å². The van der Waals surface area contributed by atoms with Gasteiger partial charge in [-0.1, -0.05) is 74.1 Å². The standard InChI is InChI=1S/C25H25Cl2N6O13P3.C22H22N3O16P3.C15H11Cl2NO2.C12H7NO3/c1-25(2)12-5-11(3-4-14(12)32-15-6-13(26)22(35)20(27)19(15)25)44-48(38,39)46-49(40,41)45-47(36,37)42-8-17-16(34)7-18(43-17)33-10-31-21-23(28)29-9-30-24(21)33;1-11-9-25(22(29)24-21(11)28)20-8-16(27)19(38-20)10-36-42(30,31)40-44(34,35)41-43(32,33)39-13-3-5-15-18(7-13)37-17-6-12(26)2-4-14(17)23-15;1-15(2)8-5-7(19)3-4-10(8)18-11-6-9(16)14(20)13(17)12(11)15;14-7-1-3-9-11(5-7)16-12-6-8(15)2-4-10(12)13-9/h3-6,9-10,16-18,34H,7-8H2,1-2H3,(H,36,37)(H,38,39)(H,40,41)(H2,28,29,30);2-7,9,16,19-20,27H,8,10H2,1H3,(H,30,31)(H,32,33)(H,34,35)(H,24,28,29);3-6,20H,1-2H3;1-6,14H/p-6/t16?,17-,18-;16?,19-,20-;;/m00../s1. The summed E-state index contributed by atoms with van der Waals surface area (Å²) in [6.45, 7) is 6.68. The number of phenolic OH excluding ortho intramolecular Hbond substituents is 2. The van der Waals surface area contributed by atoms with Gasteiger partial charge in [0, 0.05) is 70.8 Å². The molecule has 10 aliphatic rings. The number of rotatable bonds is 20. The number of nitrogens with one attached hydrogen (secondary N) is 1. The van der Waals surface area contributed by atoms with Gasteiger partial charge in [0.05, 0.1) is 74.7 Å². The molecule has 4 aromatic carbocycles. The minimum Gasteiger partial charge on any atom is -0.756 e. The molecule has 55 heteroatoms. The van der Waals surface area contributed by atoms with Gasteiger partial charge >= 0.3 is 21.3 Å². The number of Topliss-reactive ketones (excluding diaryl/α,β-unsaturated/α-hetero) is 1. The summed E-state index contributed by atoms with van der Waals surface area (Å²) in [4.78, 5) is 175. The number of halogens is 4. The number of nitrogens with zero attached hydrogens (tertiary/aromatic N) is 9. The van der Waals surface area contributed by atoms with Crippen LogP contribution >= 0.6 is 93.3 Å². The summed E-state index contributed by atoms with van der Waals surface area (Å²) < 4.78 is 132. The molecule has 7 aromatic rings. The number of H-pyrrole nitrogens is 1. The number of nitrogen functional groups attached to an aromatic ring is 1. The Hall–Kier alpha value is -10.1. The van der Waals surface area contributed by atoms with Crippen LogP contribution in [0.4, 0.5) is 17.2 Å². The first-order chi connectivity index (χ1) is 60.3. The number of aliphatic imine (C=N–C) groups is 2. The molecule has 0 spiro atoms. The number of allylic oxidation sites excluding steroid dienone is 8. The van der Waals surface area contributed by atoms with Crippen molar-refractivity contribution in [3.05, 3.63) is 229 Å². The van der Waals surface area contributed by atoms with Gasteiger partial charge in [-0.2, -0.15) is 0 Å². The van der Waals surface area contributed by atoms with Crippen LogP contribution < -0.4 is 66.2 Å². The first-order valence-corrected chi connectivity index (χ1v) is 47.1. The van der Waals surface area contributed by atoms with Crippen LogP contribution in [0.3, 0.4) is 0 Å². The van der Waals surface area contributed by atoms with Crippen LogP contribution in [0.5, 0.6) is 23.0 Å². The quantitative estimate of drug-likeness (QED) is 0.0240. The molecule has 0 amide bonds. The molecule has 3 aromatic heterocycles. The molecule has 8 unspecified atom stereocenters. The van der Waals surface area contributed by atoms with Crippen LogP contribution in [0.1, 0.15) is 69.7 Å². The number of ketones is 2. The van der Waals surface area contributed by atoms with Gasteiger partial charge in [0.1, 0.15) is 76.2 Å². The van der Waals surface area contributed by atoms with Crippen molar-refractivity contribution in [2.24, 2.45) is 9.98 Å². The van der Waals surface area contributed by atoms with Crippen molar-refractivity contribution in [1.29, 1.82) is 0 Å². The lowest BCUT2D eigenvalue weighted by molar-refractivity contribution is -0.253. The van der Waals surface area contributed by atoms with Crippen LogP contribution in [0.2, 0.25) is 10.0 Å². The maximum absolute atomic E-state index is 12.6. The number of fused-ring (bicyclic) bond motifs is 9. The lowest BCUT2D eigenvalue weighted by atomic mass is 9.71. The minimum absolute atomic E-state index is 0.0567. The zero-order valence-electron chi connectivity index (χ0n) is 65.9. The molecule has 45 nitrogen and oxygen atoms in total. The number of aryl methyl sites for hydroxylation is 1. The number of anilines is 1. The monoisotopic (exact) mass is 1970 g/mol. The van der Waals surface area contributed by atoms with Crippen molar-refractivity contribution in [2.45, 2.75) is 95.2 Å². The third-order valence-corrected chi connectivity index (χ3v) is 29.1. The van der Waals surface area contributed by atoms with E-state index in [2.05, 4.69) is 65.7 Å². The van der Waals surface area contributed by atoms with E-state index in [1.54, 1.807) is 50.3 Å². The molecule has 678 valence electrons. The highest BCUT2D eigenvalue weighted by Crippen LogP contribution is 2.65. The van der Waals surface area contributed by atoms with E-state index in [9.17, 15) is 106 Å². The van der Waals surface area contributed by atoms with E-state index < -0.39 is 136 Å². The summed E-state index contributed by atoms with van der Waals surface area (Å²) in [6.07, 6.45) is 1.94. The Morgan fingerprint density at radius 1 is 0.597 bits per heavy atom. The number of aromatic nitrogens is 8. The highest BCUT2D eigenvalue weighted by molar-refractivity contribution is 7.66. The molecule has 6 aliphatic heterocycles. The topological polar surface area (TPSA) is 684 Å². The van der Waals surface area contributed by atoms with Gasteiger partial charge in [-0.3, -0.25) is 65.5 Å². The fourth-order valence-corrected chi connectivity index (χ4v) is 21.8. The Balaban J connectivity index is 0.000000152. The Kier molecular flexibility index (Phi) is 26.7. The summed E-state index contributed by atoms with van der Waals surface area (Å²) in [5.74, 6) is -1.17. The van der Waals surface area contributed by atoms with Crippen molar-refractivity contribution < 1.29 is 140 Å². The van der Waals surface area contributed by atoms with Gasteiger partial charge in [-0.15, -0.1) is 0 Å². The van der Waals surface area contributed by atoms with Crippen LogP contribution in [0, 0.1) is 6.92 Å². The fourth-order valence-electron chi connectivity index (χ4n) is 13.7. The summed E-state index contributed by atoms with van der Waals surface area (Å²) in [7, 11) is -35.9. The summed E-state index contributed by atoms with van der Waals surface area (Å²) in [5.41, 5.74) is 9.13. The van der Waals surface area contributed by atoms with E-state index in [4.69, 9.17) is 75.0 Å². The van der Waals surface area contributed by atoms with Crippen LogP contribution in [-0.2, 0) is 83.6 Å². The summed E-state index contributed by atoms with van der Waals surface area (Å²) >= 11 is 24.4. The van der Waals surface area contributed by atoms with Gasteiger partial charge in [0.25, 0.3) is 36.9 Å². The molecule has 0 saturated carbocycles. The zero-order valence-corrected chi connectivity index (χ0v) is 74.3. The number of carbonyl (C=O) groups excluding carboxylic acids is 2. The lowest BCUT2D eigenvalue weighted by Crippen LogP contribution is -2.33. The minimum atomic E-state index is -6.22. The molecule has 0 radical (unpaired) electrons. The average molecular weight is 1970 g/mol. The van der Waals surface area contributed by atoms with Crippen molar-refractivity contribution in [3.63, 3.8) is 0 Å². The molecule has 7 N–H and O–H groups in total. The molecule has 129 heavy (non-hydrogen) atoms. The van der Waals surface area contributed by atoms with E-state index in [0.717, 1.165) is 46.3 Å². The highest BCUT2D eigenvalue weighted by atomic mass is 35.5. The second-order valence-electron chi connectivity index (χ2n) is 29.3. The second-order valence-corrected chi connectivity index (χ2v) is 39.8. The zero-order chi connectivity index (χ0) is 93.5. The maximum Gasteiger partial charge on any atom is 0.330 e. The number of benzene rings is 6. The van der Waals surface area contributed by atoms with E-state index in [-0.39, 0.29) is 100 Å². The molecular formula is C74H59Cl4N11O34P6-6. The molecule has 2 fully saturated rings. The number of ether oxygens (including phenoxy) is 2. The molecule has 17 rings (SSSR count). The lowest BCUT2D eigenvalue weighted by Gasteiger charge is -2.37. The first-order valence-electron chi connectivity index (χ1n) is 36.8. The number of aliphatic hydroxyl groups is 2. The number of nitrogens with two attached hydrogens (primary N) is 1. The largest absolute Gasteiger partial charge is 0.756 e. The Morgan fingerprint density at radius 3 is 1.72 bits per heavy atom. The van der Waals surface area contributed by atoms with E-state index >= 15 is 0 Å². The van der Waals surface area contributed by atoms with Gasteiger partial charge in [-0.25, -0.2) is 56.9 Å². The summed E-state index contributed by atoms with van der Waals surface area (Å²) in [5, 5.41) is 39.9. The van der Waals surface area contributed by atoms with Crippen molar-refractivity contribution in [2.75, 3.05) is 18.9 Å².